The fourth-order valence-corrected chi connectivity index (χ4v) is 1.30. The van der Waals surface area contributed by atoms with Gasteiger partial charge in [0.15, 0.2) is 11.5 Å². The lowest BCUT2D eigenvalue weighted by atomic mass is 10.3. The maximum absolute atomic E-state index is 11.1. The van der Waals surface area contributed by atoms with Gasteiger partial charge in [0.25, 0.3) is 0 Å². The average Bonchev–Trinajstić information content (AvgIpc) is 2.42. The molecule has 0 spiro atoms. The summed E-state index contributed by atoms with van der Waals surface area (Å²) in [7, 11) is 1.29. The van der Waals surface area contributed by atoms with Crippen molar-refractivity contribution in [1.82, 2.24) is 0 Å². The van der Waals surface area contributed by atoms with E-state index in [2.05, 4.69) is 4.74 Å². The molecule has 1 aromatic carbocycles. The van der Waals surface area contributed by atoms with E-state index in [0.717, 1.165) is 6.42 Å². The Labute approximate surface area is 107 Å². The SMILES string of the molecule is CCCOc1ccccc1OCC(N)C(=O)OC. The van der Waals surface area contributed by atoms with Crippen molar-refractivity contribution in [3.05, 3.63) is 24.3 Å². The number of para-hydroxylation sites is 2. The summed E-state index contributed by atoms with van der Waals surface area (Å²) in [6.07, 6.45) is 0.913. The first-order valence-corrected chi connectivity index (χ1v) is 5.87. The van der Waals surface area contributed by atoms with Gasteiger partial charge in [-0.15, -0.1) is 0 Å². The summed E-state index contributed by atoms with van der Waals surface area (Å²) in [6, 6.07) is 6.48. The maximum Gasteiger partial charge on any atom is 0.326 e. The van der Waals surface area contributed by atoms with Crippen LogP contribution in [0, 0.1) is 0 Å². The third-order valence-electron chi connectivity index (χ3n) is 2.23. The summed E-state index contributed by atoms with van der Waals surface area (Å²) < 4.78 is 15.5. The van der Waals surface area contributed by atoms with Gasteiger partial charge in [0.2, 0.25) is 0 Å². The average molecular weight is 253 g/mol. The summed E-state index contributed by atoms with van der Waals surface area (Å²) in [6.45, 7) is 2.69. The minimum atomic E-state index is -0.797. The second-order valence-corrected chi connectivity index (χ2v) is 3.74. The largest absolute Gasteiger partial charge is 0.490 e. The number of carbonyl (C=O) groups is 1. The molecule has 1 rings (SSSR count). The fourth-order valence-electron chi connectivity index (χ4n) is 1.30. The van der Waals surface area contributed by atoms with Crippen LogP contribution in [0.15, 0.2) is 24.3 Å². The topological polar surface area (TPSA) is 70.8 Å². The number of methoxy groups -OCH3 is 1. The zero-order valence-corrected chi connectivity index (χ0v) is 10.7. The summed E-state index contributed by atoms with van der Waals surface area (Å²) in [4.78, 5) is 11.1. The van der Waals surface area contributed by atoms with E-state index < -0.39 is 12.0 Å². The monoisotopic (exact) mass is 253 g/mol. The van der Waals surface area contributed by atoms with Crippen molar-refractivity contribution < 1.29 is 19.0 Å². The van der Waals surface area contributed by atoms with E-state index >= 15 is 0 Å². The van der Waals surface area contributed by atoms with Crippen LogP contribution in [0.5, 0.6) is 11.5 Å². The van der Waals surface area contributed by atoms with Crippen molar-refractivity contribution in [3.63, 3.8) is 0 Å². The minimum Gasteiger partial charge on any atom is -0.490 e. The van der Waals surface area contributed by atoms with Gasteiger partial charge in [0.1, 0.15) is 12.6 Å². The third kappa shape index (κ3) is 4.25. The van der Waals surface area contributed by atoms with Gasteiger partial charge >= 0.3 is 5.97 Å². The smallest absolute Gasteiger partial charge is 0.326 e. The zero-order chi connectivity index (χ0) is 13.4. The number of carbonyl (C=O) groups excluding carboxylic acids is 1. The molecule has 0 bridgehead atoms. The lowest BCUT2D eigenvalue weighted by Gasteiger charge is -2.14. The summed E-state index contributed by atoms with van der Waals surface area (Å²) in [5.41, 5.74) is 5.59. The first-order valence-electron chi connectivity index (χ1n) is 5.87. The van der Waals surface area contributed by atoms with E-state index in [-0.39, 0.29) is 6.61 Å². The Morgan fingerprint density at radius 2 is 1.89 bits per heavy atom. The molecule has 0 fully saturated rings. The molecule has 1 unspecified atom stereocenters. The molecular formula is C13H19NO4. The van der Waals surface area contributed by atoms with Crippen LogP contribution in [0.4, 0.5) is 0 Å². The summed E-state index contributed by atoms with van der Waals surface area (Å²) in [5, 5.41) is 0. The van der Waals surface area contributed by atoms with Crippen LogP contribution in [-0.2, 0) is 9.53 Å². The summed E-state index contributed by atoms with van der Waals surface area (Å²) in [5.74, 6) is 0.726. The van der Waals surface area contributed by atoms with Gasteiger partial charge in [-0.25, -0.2) is 0 Å². The molecule has 0 saturated heterocycles. The minimum absolute atomic E-state index is 0.0547. The van der Waals surface area contributed by atoms with E-state index in [1.54, 1.807) is 6.07 Å². The molecule has 5 heteroatoms. The Kier molecular flexibility index (Phi) is 6.00. The van der Waals surface area contributed by atoms with Gasteiger partial charge in [0, 0.05) is 0 Å². The Morgan fingerprint density at radius 3 is 2.44 bits per heavy atom. The molecule has 0 aliphatic carbocycles. The first kappa shape index (κ1) is 14.3. The first-order chi connectivity index (χ1) is 8.69. The number of hydrogen-bond acceptors (Lipinski definition) is 5. The molecule has 0 radical (unpaired) electrons. The van der Waals surface area contributed by atoms with Crippen molar-refractivity contribution in [2.24, 2.45) is 5.73 Å². The number of esters is 1. The molecule has 0 aliphatic heterocycles. The predicted octanol–water partition coefficient (Wildman–Crippen LogP) is 1.35. The second kappa shape index (κ2) is 7.55. The molecule has 18 heavy (non-hydrogen) atoms. The van der Waals surface area contributed by atoms with Crippen molar-refractivity contribution in [2.45, 2.75) is 19.4 Å². The van der Waals surface area contributed by atoms with Gasteiger partial charge in [-0.05, 0) is 18.6 Å². The Hall–Kier alpha value is -1.75. The molecular weight excluding hydrogens is 234 g/mol. The highest BCUT2D eigenvalue weighted by Crippen LogP contribution is 2.26. The van der Waals surface area contributed by atoms with Crippen LogP contribution in [0.1, 0.15) is 13.3 Å². The molecule has 0 heterocycles. The lowest BCUT2D eigenvalue weighted by Crippen LogP contribution is -2.37. The number of ether oxygens (including phenoxy) is 3. The molecule has 0 aliphatic rings. The summed E-state index contributed by atoms with van der Waals surface area (Å²) >= 11 is 0. The quantitative estimate of drug-likeness (QED) is 0.743. The van der Waals surface area contributed by atoms with E-state index in [4.69, 9.17) is 15.2 Å². The van der Waals surface area contributed by atoms with E-state index in [1.807, 2.05) is 25.1 Å². The van der Waals surface area contributed by atoms with Crippen LogP contribution in [-0.4, -0.2) is 32.3 Å². The van der Waals surface area contributed by atoms with Crippen LogP contribution in [0.3, 0.4) is 0 Å². The van der Waals surface area contributed by atoms with Gasteiger partial charge in [-0.1, -0.05) is 19.1 Å². The standard InChI is InChI=1S/C13H19NO4/c1-3-8-17-11-6-4-5-7-12(11)18-9-10(14)13(15)16-2/h4-7,10H,3,8-9,14H2,1-2H3. The van der Waals surface area contributed by atoms with Crippen molar-refractivity contribution >= 4 is 5.97 Å². The van der Waals surface area contributed by atoms with Crippen molar-refractivity contribution in [3.8, 4) is 11.5 Å². The molecule has 5 nitrogen and oxygen atoms in total. The van der Waals surface area contributed by atoms with Crippen LogP contribution < -0.4 is 15.2 Å². The molecule has 0 amide bonds. The van der Waals surface area contributed by atoms with Crippen LogP contribution >= 0.6 is 0 Å². The van der Waals surface area contributed by atoms with Crippen LogP contribution in [0.25, 0.3) is 0 Å². The highest BCUT2D eigenvalue weighted by atomic mass is 16.5. The van der Waals surface area contributed by atoms with Crippen molar-refractivity contribution in [2.75, 3.05) is 20.3 Å². The van der Waals surface area contributed by atoms with Gasteiger partial charge < -0.3 is 19.9 Å². The predicted molar refractivity (Wildman–Crippen MR) is 67.7 cm³/mol. The zero-order valence-electron chi connectivity index (χ0n) is 10.7. The number of hydrogen-bond donors (Lipinski definition) is 1. The number of rotatable bonds is 7. The molecule has 2 N–H and O–H groups in total. The molecule has 100 valence electrons. The molecule has 0 aromatic heterocycles. The Balaban J connectivity index is 2.58. The van der Waals surface area contributed by atoms with Gasteiger partial charge in [-0.3, -0.25) is 4.79 Å². The van der Waals surface area contributed by atoms with Crippen LogP contribution in [0.2, 0.25) is 0 Å². The lowest BCUT2D eigenvalue weighted by molar-refractivity contribution is -0.142. The normalized spacial score (nSPS) is 11.7. The molecule has 0 saturated carbocycles. The molecule has 1 aromatic rings. The number of benzene rings is 1. The highest BCUT2D eigenvalue weighted by Gasteiger charge is 2.15. The van der Waals surface area contributed by atoms with E-state index in [9.17, 15) is 4.79 Å². The highest BCUT2D eigenvalue weighted by molar-refractivity contribution is 5.75. The van der Waals surface area contributed by atoms with E-state index in [1.165, 1.54) is 7.11 Å². The third-order valence-corrected chi connectivity index (χ3v) is 2.23. The fraction of sp³-hybridized carbons (Fsp3) is 0.462. The number of nitrogens with two attached hydrogens (primary N) is 1. The Bertz CT molecular complexity index is 381. The van der Waals surface area contributed by atoms with E-state index in [0.29, 0.717) is 18.1 Å². The van der Waals surface area contributed by atoms with Gasteiger partial charge in [-0.2, -0.15) is 0 Å². The van der Waals surface area contributed by atoms with Crippen molar-refractivity contribution in [1.29, 1.82) is 0 Å². The maximum atomic E-state index is 11.1. The second-order valence-electron chi connectivity index (χ2n) is 3.74. The Morgan fingerprint density at radius 1 is 1.28 bits per heavy atom. The molecule has 1 atom stereocenters. The van der Waals surface area contributed by atoms with Gasteiger partial charge in [0.05, 0.1) is 13.7 Å².